The summed E-state index contributed by atoms with van der Waals surface area (Å²) in [6, 6.07) is 13.2. The van der Waals surface area contributed by atoms with E-state index < -0.39 is 0 Å². The molecule has 32 heavy (non-hydrogen) atoms. The van der Waals surface area contributed by atoms with Crippen LogP contribution in [0.3, 0.4) is 0 Å². The first-order valence-corrected chi connectivity index (χ1v) is 12.2. The molecular formula is C23H26BrN5O2S. The lowest BCUT2D eigenvalue weighted by molar-refractivity contribution is -0.113. The predicted molar refractivity (Wildman–Crippen MR) is 131 cm³/mol. The van der Waals surface area contributed by atoms with Crippen molar-refractivity contribution in [2.75, 3.05) is 11.1 Å². The minimum atomic E-state index is -0.179. The summed E-state index contributed by atoms with van der Waals surface area (Å²) in [5, 5.41) is 15.0. The smallest absolute Gasteiger partial charge is 0.251 e. The maximum absolute atomic E-state index is 12.6. The van der Waals surface area contributed by atoms with Crippen LogP contribution in [-0.2, 0) is 24.3 Å². The summed E-state index contributed by atoms with van der Waals surface area (Å²) >= 11 is 4.69. The number of rotatable bonds is 9. The number of nitrogens with one attached hydrogen (secondary N) is 2. The Hall–Kier alpha value is -2.65. The number of amides is 2. The molecule has 3 rings (SSSR count). The molecule has 0 atom stereocenters. The van der Waals surface area contributed by atoms with Crippen LogP contribution in [0.2, 0.25) is 0 Å². The standard InChI is InChI=1S/C23H26BrN5O2S/c1-4-16-8-6-7-15(3)21(16)26-20(30)14-32-23-28-27-19(29(23)5-2)13-25-22(31)17-9-11-18(24)12-10-17/h6-12H,4-5,13-14H2,1-3H3,(H,25,31)(H,26,30). The monoisotopic (exact) mass is 515 g/mol. The van der Waals surface area contributed by atoms with Crippen molar-refractivity contribution in [3.63, 3.8) is 0 Å². The van der Waals surface area contributed by atoms with Gasteiger partial charge in [0, 0.05) is 22.3 Å². The van der Waals surface area contributed by atoms with Gasteiger partial charge in [-0.05, 0) is 55.7 Å². The van der Waals surface area contributed by atoms with Crippen molar-refractivity contribution in [1.82, 2.24) is 20.1 Å². The quantitative estimate of drug-likeness (QED) is 0.406. The Balaban J connectivity index is 1.59. The molecule has 0 aliphatic heterocycles. The molecule has 0 saturated heterocycles. The Morgan fingerprint density at radius 2 is 1.84 bits per heavy atom. The van der Waals surface area contributed by atoms with E-state index in [9.17, 15) is 9.59 Å². The molecule has 7 nitrogen and oxygen atoms in total. The molecule has 168 valence electrons. The Morgan fingerprint density at radius 1 is 1.09 bits per heavy atom. The summed E-state index contributed by atoms with van der Waals surface area (Å²) < 4.78 is 2.82. The molecule has 0 spiro atoms. The van der Waals surface area contributed by atoms with Crippen LogP contribution in [0.4, 0.5) is 5.69 Å². The molecule has 9 heteroatoms. The molecule has 0 saturated carbocycles. The summed E-state index contributed by atoms with van der Waals surface area (Å²) in [5.74, 6) is 0.602. The van der Waals surface area contributed by atoms with E-state index in [4.69, 9.17) is 0 Å². The van der Waals surface area contributed by atoms with Crippen LogP contribution in [0.25, 0.3) is 0 Å². The van der Waals surface area contributed by atoms with Gasteiger partial charge >= 0.3 is 0 Å². The Bertz CT molecular complexity index is 1100. The third kappa shape index (κ3) is 5.98. The van der Waals surface area contributed by atoms with E-state index in [1.807, 2.05) is 48.7 Å². The number of aryl methyl sites for hydroxylation is 2. The lowest BCUT2D eigenvalue weighted by Crippen LogP contribution is -2.24. The van der Waals surface area contributed by atoms with Crippen LogP contribution in [0.15, 0.2) is 52.1 Å². The highest BCUT2D eigenvalue weighted by molar-refractivity contribution is 9.10. The molecule has 0 fully saturated rings. The van der Waals surface area contributed by atoms with Crippen molar-refractivity contribution >= 4 is 45.2 Å². The van der Waals surface area contributed by atoms with Crippen molar-refractivity contribution in [2.45, 2.75) is 45.4 Å². The van der Waals surface area contributed by atoms with Crippen molar-refractivity contribution < 1.29 is 9.59 Å². The Kier molecular flexibility index (Phi) is 8.46. The first-order chi connectivity index (χ1) is 15.4. The van der Waals surface area contributed by atoms with E-state index in [0.29, 0.717) is 23.1 Å². The average molecular weight is 516 g/mol. The largest absolute Gasteiger partial charge is 0.345 e. The van der Waals surface area contributed by atoms with Crippen molar-refractivity contribution in [3.8, 4) is 0 Å². The number of carbonyl (C=O) groups is 2. The molecule has 2 N–H and O–H groups in total. The van der Waals surface area contributed by atoms with Crippen LogP contribution in [0.5, 0.6) is 0 Å². The van der Waals surface area contributed by atoms with Gasteiger partial charge in [-0.15, -0.1) is 10.2 Å². The van der Waals surface area contributed by atoms with E-state index in [0.717, 1.165) is 27.7 Å². The van der Waals surface area contributed by atoms with E-state index in [1.165, 1.54) is 11.8 Å². The summed E-state index contributed by atoms with van der Waals surface area (Å²) in [6.45, 7) is 6.93. The average Bonchev–Trinajstić information content (AvgIpc) is 3.19. The third-order valence-electron chi connectivity index (χ3n) is 4.96. The summed E-state index contributed by atoms with van der Waals surface area (Å²) in [4.78, 5) is 24.9. The summed E-state index contributed by atoms with van der Waals surface area (Å²) in [5.41, 5.74) is 3.62. The first kappa shape index (κ1) is 24.0. The SMILES string of the molecule is CCc1cccc(C)c1NC(=O)CSc1nnc(CNC(=O)c2ccc(Br)cc2)n1CC. The van der Waals surface area contributed by atoms with Gasteiger partial charge < -0.3 is 15.2 Å². The number of benzene rings is 2. The topological polar surface area (TPSA) is 88.9 Å². The number of hydrogen-bond acceptors (Lipinski definition) is 5. The number of aromatic nitrogens is 3. The highest BCUT2D eigenvalue weighted by atomic mass is 79.9. The normalized spacial score (nSPS) is 10.8. The van der Waals surface area contributed by atoms with Gasteiger partial charge in [0.05, 0.1) is 12.3 Å². The number of nitrogens with zero attached hydrogens (tertiary/aromatic N) is 3. The number of halogens is 1. The molecule has 1 aromatic heterocycles. The van der Waals surface area contributed by atoms with Crippen LogP contribution in [-0.4, -0.2) is 32.3 Å². The molecule has 0 bridgehead atoms. The van der Waals surface area contributed by atoms with Crippen molar-refractivity contribution in [3.05, 3.63) is 69.5 Å². The Morgan fingerprint density at radius 3 is 2.53 bits per heavy atom. The minimum Gasteiger partial charge on any atom is -0.345 e. The highest BCUT2D eigenvalue weighted by Crippen LogP contribution is 2.23. The van der Waals surface area contributed by atoms with Gasteiger partial charge in [-0.1, -0.05) is 52.8 Å². The second-order valence-electron chi connectivity index (χ2n) is 7.13. The zero-order valence-corrected chi connectivity index (χ0v) is 20.7. The number of hydrogen-bond donors (Lipinski definition) is 2. The molecular weight excluding hydrogens is 490 g/mol. The van der Waals surface area contributed by atoms with Crippen LogP contribution < -0.4 is 10.6 Å². The molecule has 0 unspecified atom stereocenters. The molecule has 2 amide bonds. The fraction of sp³-hybridized carbons (Fsp3) is 0.304. The molecule has 0 radical (unpaired) electrons. The van der Waals surface area contributed by atoms with Gasteiger partial charge in [-0.2, -0.15) is 0 Å². The highest BCUT2D eigenvalue weighted by Gasteiger charge is 2.15. The molecule has 0 aliphatic rings. The maximum Gasteiger partial charge on any atom is 0.251 e. The third-order valence-corrected chi connectivity index (χ3v) is 6.46. The number of para-hydroxylation sites is 1. The molecule has 2 aromatic carbocycles. The van der Waals surface area contributed by atoms with E-state index >= 15 is 0 Å². The summed E-state index contributed by atoms with van der Waals surface area (Å²) in [7, 11) is 0. The number of carbonyl (C=O) groups excluding carboxylic acids is 2. The fourth-order valence-electron chi connectivity index (χ4n) is 3.24. The van der Waals surface area contributed by atoms with Gasteiger partial charge in [-0.25, -0.2) is 0 Å². The number of thioether (sulfide) groups is 1. The lowest BCUT2D eigenvalue weighted by atomic mass is 10.1. The fourth-order valence-corrected chi connectivity index (χ4v) is 4.33. The van der Waals surface area contributed by atoms with Crippen LogP contribution >= 0.6 is 27.7 Å². The minimum absolute atomic E-state index is 0.0882. The zero-order valence-electron chi connectivity index (χ0n) is 18.3. The van der Waals surface area contributed by atoms with E-state index in [-0.39, 0.29) is 24.1 Å². The van der Waals surface area contributed by atoms with Gasteiger partial charge in [0.2, 0.25) is 5.91 Å². The molecule has 3 aromatic rings. The zero-order chi connectivity index (χ0) is 23.1. The lowest BCUT2D eigenvalue weighted by Gasteiger charge is -2.13. The van der Waals surface area contributed by atoms with Crippen molar-refractivity contribution in [1.29, 1.82) is 0 Å². The van der Waals surface area contributed by atoms with Gasteiger partial charge in [0.15, 0.2) is 11.0 Å². The predicted octanol–water partition coefficient (Wildman–Crippen LogP) is 4.59. The Labute approximate surface area is 200 Å². The van der Waals surface area contributed by atoms with Gasteiger partial charge in [0.25, 0.3) is 5.91 Å². The van der Waals surface area contributed by atoms with Crippen molar-refractivity contribution in [2.24, 2.45) is 0 Å². The van der Waals surface area contributed by atoms with Crippen LogP contribution in [0.1, 0.15) is 41.2 Å². The maximum atomic E-state index is 12.6. The molecule has 1 heterocycles. The summed E-state index contributed by atoms with van der Waals surface area (Å²) in [6.07, 6.45) is 0.851. The van der Waals surface area contributed by atoms with Gasteiger partial charge in [0.1, 0.15) is 0 Å². The van der Waals surface area contributed by atoms with Gasteiger partial charge in [-0.3, -0.25) is 9.59 Å². The first-order valence-electron chi connectivity index (χ1n) is 10.4. The van der Waals surface area contributed by atoms with E-state index in [1.54, 1.807) is 12.1 Å². The number of anilines is 1. The van der Waals surface area contributed by atoms with Crippen LogP contribution in [0, 0.1) is 6.92 Å². The second kappa shape index (κ2) is 11.3. The molecule has 0 aliphatic carbocycles. The van der Waals surface area contributed by atoms with E-state index in [2.05, 4.69) is 43.7 Å². The second-order valence-corrected chi connectivity index (χ2v) is 8.99.